The first-order valence-corrected chi connectivity index (χ1v) is 5.55. The molecular weight excluding hydrogens is 232 g/mol. The van der Waals surface area contributed by atoms with E-state index in [9.17, 15) is 9.59 Å². The predicted molar refractivity (Wildman–Crippen MR) is 62.7 cm³/mol. The number of carbonyl (C=O) groups is 2. The van der Waals surface area contributed by atoms with Gasteiger partial charge in [0.15, 0.2) is 0 Å². The van der Waals surface area contributed by atoms with E-state index in [1.165, 1.54) is 4.90 Å². The minimum atomic E-state index is -0.520. The fourth-order valence-electron chi connectivity index (χ4n) is 0.977. The molecule has 0 aromatic heterocycles. The summed E-state index contributed by atoms with van der Waals surface area (Å²) >= 11 is 5.31. The van der Waals surface area contributed by atoms with Crippen molar-refractivity contribution >= 4 is 23.1 Å². The van der Waals surface area contributed by atoms with Gasteiger partial charge in [-0.15, -0.1) is 0 Å². The molecule has 0 saturated heterocycles. The van der Waals surface area contributed by atoms with Crippen LogP contribution in [0.2, 0.25) is 0 Å². The quantitative estimate of drug-likeness (QED) is 0.615. The molecule has 0 atom stereocenters. The molecule has 0 radical (unpaired) electrons. The Hall–Kier alpha value is -0.970. The van der Waals surface area contributed by atoms with Crippen LogP contribution >= 0.6 is 11.6 Å². The standard InChI is InChI=1S/C10H19ClN2O3/c1-5-13(8(11)14)7-6-12-9(15)16-10(2,3)4/h5-7H2,1-4H3,(H,12,15). The second kappa shape index (κ2) is 6.58. The topological polar surface area (TPSA) is 58.6 Å². The number of hydrogen-bond acceptors (Lipinski definition) is 3. The number of halogens is 1. The van der Waals surface area contributed by atoms with Crippen molar-refractivity contribution in [2.24, 2.45) is 0 Å². The maximum atomic E-state index is 11.2. The van der Waals surface area contributed by atoms with Crippen LogP contribution in [0.4, 0.5) is 9.59 Å². The Morgan fingerprint density at radius 2 is 1.94 bits per heavy atom. The number of alkyl carbamates (subject to hydrolysis) is 1. The summed E-state index contributed by atoms with van der Waals surface area (Å²) in [5.41, 5.74) is -0.517. The van der Waals surface area contributed by atoms with Crippen LogP contribution in [0.1, 0.15) is 27.7 Å². The highest BCUT2D eigenvalue weighted by Gasteiger charge is 2.16. The number of ether oxygens (including phenoxy) is 1. The molecule has 0 aliphatic carbocycles. The van der Waals surface area contributed by atoms with E-state index >= 15 is 0 Å². The number of likely N-dealkylation sites (N-methyl/N-ethyl adjacent to an activating group) is 1. The molecule has 2 amide bonds. The molecule has 0 aromatic rings. The minimum absolute atomic E-state index is 0.321. The predicted octanol–water partition coefficient (Wildman–Crippen LogP) is 2.19. The van der Waals surface area contributed by atoms with Gasteiger partial charge in [0.1, 0.15) is 5.60 Å². The van der Waals surface area contributed by atoms with Crippen LogP contribution in [0.15, 0.2) is 0 Å². The van der Waals surface area contributed by atoms with Crippen molar-refractivity contribution in [3.8, 4) is 0 Å². The first-order chi connectivity index (χ1) is 7.26. The summed E-state index contributed by atoms with van der Waals surface area (Å²) in [5.74, 6) is 0. The third-order valence-electron chi connectivity index (χ3n) is 1.68. The second-order valence-electron chi connectivity index (χ2n) is 4.26. The lowest BCUT2D eigenvalue weighted by Gasteiger charge is -2.21. The number of nitrogens with one attached hydrogen (secondary N) is 1. The molecule has 5 nitrogen and oxygen atoms in total. The third-order valence-corrected chi connectivity index (χ3v) is 1.92. The van der Waals surface area contributed by atoms with Gasteiger partial charge in [0.25, 0.3) is 0 Å². The number of rotatable bonds is 4. The summed E-state index contributed by atoms with van der Waals surface area (Å²) in [6, 6.07) is 0. The highest BCUT2D eigenvalue weighted by Crippen LogP contribution is 2.06. The van der Waals surface area contributed by atoms with E-state index in [0.717, 1.165) is 0 Å². The van der Waals surface area contributed by atoms with Gasteiger partial charge in [-0.05, 0) is 39.3 Å². The second-order valence-corrected chi connectivity index (χ2v) is 4.58. The third kappa shape index (κ3) is 7.34. The van der Waals surface area contributed by atoms with Crippen LogP contribution < -0.4 is 5.32 Å². The average Bonchev–Trinajstić information content (AvgIpc) is 2.08. The smallest absolute Gasteiger partial charge is 0.407 e. The van der Waals surface area contributed by atoms with Gasteiger partial charge in [-0.25, -0.2) is 4.79 Å². The molecule has 94 valence electrons. The van der Waals surface area contributed by atoms with Crippen molar-refractivity contribution in [2.45, 2.75) is 33.3 Å². The zero-order valence-corrected chi connectivity index (χ0v) is 10.9. The van der Waals surface area contributed by atoms with Gasteiger partial charge in [0, 0.05) is 19.6 Å². The first kappa shape index (κ1) is 15.0. The Balaban J connectivity index is 3.81. The lowest BCUT2D eigenvalue weighted by molar-refractivity contribution is 0.0524. The summed E-state index contributed by atoms with van der Waals surface area (Å²) in [6.45, 7) is 8.37. The van der Waals surface area contributed by atoms with Gasteiger partial charge in [0.05, 0.1) is 0 Å². The SMILES string of the molecule is CCN(CCNC(=O)OC(C)(C)C)C(=O)Cl. The number of hydrogen-bond donors (Lipinski definition) is 1. The Bertz CT molecular complexity index is 251. The van der Waals surface area contributed by atoms with Crippen molar-refractivity contribution in [2.75, 3.05) is 19.6 Å². The monoisotopic (exact) mass is 250 g/mol. The molecule has 0 rings (SSSR count). The van der Waals surface area contributed by atoms with Crippen molar-refractivity contribution in [3.63, 3.8) is 0 Å². The normalized spacial score (nSPS) is 10.8. The van der Waals surface area contributed by atoms with Gasteiger partial charge >= 0.3 is 11.5 Å². The van der Waals surface area contributed by atoms with E-state index in [-0.39, 0.29) is 0 Å². The molecule has 0 unspecified atom stereocenters. The molecule has 0 spiro atoms. The Labute approximate surface area is 101 Å². The van der Waals surface area contributed by atoms with Crippen LogP contribution in [-0.2, 0) is 4.74 Å². The van der Waals surface area contributed by atoms with Gasteiger partial charge in [-0.2, -0.15) is 0 Å². The molecule has 0 aliphatic heterocycles. The lowest BCUT2D eigenvalue weighted by atomic mass is 10.2. The molecule has 16 heavy (non-hydrogen) atoms. The van der Waals surface area contributed by atoms with Crippen molar-refractivity contribution < 1.29 is 14.3 Å². The number of carbonyl (C=O) groups excluding carboxylic acids is 2. The molecule has 0 heterocycles. The number of amides is 2. The summed E-state index contributed by atoms with van der Waals surface area (Å²) in [4.78, 5) is 23.5. The van der Waals surface area contributed by atoms with Gasteiger partial charge in [-0.1, -0.05) is 0 Å². The molecule has 0 fully saturated rings. The molecule has 0 aliphatic rings. The minimum Gasteiger partial charge on any atom is -0.444 e. The molecule has 1 N–H and O–H groups in total. The zero-order valence-electron chi connectivity index (χ0n) is 10.2. The van der Waals surface area contributed by atoms with Crippen molar-refractivity contribution in [1.29, 1.82) is 0 Å². The van der Waals surface area contributed by atoms with E-state index in [4.69, 9.17) is 16.3 Å². The molecule has 0 saturated carbocycles. The van der Waals surface area contributed by atoms with Crippen LogP contribution in [0.5, 0.6) is 0 Å². The van der Waals surface area contributed by atoms with Gasteiger partial charge < -0.3 is 15.0 Å². The van der Waals surface area contributed by atoms with Crippen LogP contribution in [0.3, 0.4) is 0 Å². The summed E-state index contributed by atoms with van der Waals surface area (Å²) in [6.07, 6.45) is -0.495. The van der Waals surface area contributed by atoms with E-state index in [0.29, 0.717) is 19.6 Å². The Kier molecular flexibility index (Phi) is 6.18. The summed E-state index contributed by atoms with van der Waals surface area (Å²) < 4.78 is 5.03. The summed E-state index contributed by atoms with van der Waals surface area (Å²) in [5, 5.41) is 2.03. The van der Waals surface area contributed by atoms with Crippen molar-refractivity contribution in [3.05, 3.63) is 0 Å². The van der Waals surface area contributed by atoms with E-state index in [1.807, 2.05) is 6.92 Å². The average molecular weight is 251 g/mol. The first-order valence-electron chi connectivity index (χ1n) is 5.17. The Morgan fingerprint density at radius 3 is 2.31 bits per heavy atom. The van der Waals surface area contributed by atoms with Crippen LogP contribution in [-0.4, -0.2) is 41.6 Å². The molecule has 0 bridgehead atoms. The largest absolute Gasteiger partial charge is 0.444 e. The molecule has 0 aromatic carbocycles. The van der Waals surface area contributed by atoms with E-state index in [2.05, 4.69) is 5.32 Å². The molecular formula is C10H19ClN2O3. The maximum Gasteiger partial charge on any atom is 0.407 e. The number of nitrogens with zero attached hydrogens (tertiary/aromatic N) is 1. The van der Waals surface area contributed by atoms with Gasteiger partial charge in [-0.3, -0.25) is 4.79 Å². The van der Waals surface area contributed by atoms with E-state index < -0.39 is 17.1 Å². The fraction of sp³-hybridized carbons (Fsp3) is 0.800. The van der Waals surface area contributed by atoms with E-state index in [1.54, 1.807) is 20.8 Å². The zero-order chi connectivity index (χ0) is 12.8. The van der Waals surface area contributed by atoms with Crippen LogP contribution in [0.25, 0.3) is 0 Å². The highest BCUT2D eigenvalue weighted by atomic mass is 35.5. The highest BCUT2D eigenvalue weighted by molar-refractivity contribution is 6.62. The summed E-state index contributed by atoms with van der Waals surface area (Å²) in [7, 11) is 0. The fourth-order valence-corrected chi connectivity index (χ4v) is 1.18. The van der Waals surface area contributed by atoms with Gasteiger partial charge in [0.2, 0.25) is 0 Å². The molecule has 6 heteroatoms. The Morgan fingerprint density at radius 1 is 1.38 bits per heavy atom. The maximum absolute atomic E-state index is 11.2. The van der Waals surface area contributed by atoms with Crippen LogP contribution in [0, 0.1) is 0 Å². The lowest BCUT2D eigenvalue weighted by Crippen LogP contribution is -2.38. The van der Waals surface area contributed by atoms with Crippen molar-refractivity contribution in [1.82, 2.24) is 10.2 Å².